The molecular weight excluding hydrogens is 183 g/mol. The molecule has 7 heteroatoms. The predicted molar refractivity (Wildman–Crippen MR) is 33.7 cm³/mol. The van der Waals surface area contributed by atoms with Crippen LogP contribution in [0.25, 0.3) is 0 Å². The molecule has 0 unspecified atom stereocenters. The molecule has 0 rings (SSSR count). The van der Waals surface area contributed by atoms with Gasteiger partial charge >= 0.3 is 6.18 Å². The molecule has 68 valence electrons. The lowest BCUT2D eigenvalue weighted by atomic mass is 10.4. The van der Waals surface area contributed by atoms with E-state index >= 15 is 0 Å². The van der Waals surface area contributed by atoms with Crippen molar-refractivity contribution in [2.75, 3.05) is 12.0 Å². The number of hydrogen-bond acceptors (Lipinski definition) is 3. The SMILES string of the molecule is CS(=O)(=O)C[C@H](N)C(F)(F)F. The summed E-state index contributed by atoms with van der Waals surface area (Å²) in [6, 6.07) is -2.28. The first-order valence-corrected chi connectivity index (χ1v) is 4.69. The third kappa shape index (κ3) is 5.02. The highest BCUT2D eigenvalue weighted by atomic mass is 32.2. The smallest absolute Gasteiger partial charge is 0.319 e. The van der Waals surface area contributed by atoms with Crippen LogP contribution in [0.15, 0.2) is 0 Å². The van der Waals surface area contributed by atoms with Gasteiger partial charge in [0.15, 0.2) is 0 Å². The van der Waals surface area contributed by atoms with E-state index in [0.29, 0.717) is 6.26 Å². The molecule has 0 aliphatic heterocycles. The van der Waals surface area contributed by atoms with Gasteiger partial charge in [-0.05, 0) is 0 Å². The molecule has 0 aromatic carbocycles. The fourth-order valence-electron chi connectivity index (χ4n) is 0.421. The summed E-state index contributed by atoms with van der Waals surface area (Å²) >= 11 is 0. The predicted octanol–water partition coefficient (Wildman–Crippen LogP) is -0.0794. The fraction of sp³-hybridized carbons (Fsp3) is 1.00. The summed E-state index contributed by atoms with van der Waals surface area (Å²) in [5.41, 5.74) is 4.53. The average molecular weight is 191 g/mol. The maximum absolute atomic E-state index is 11.6. The molecule has 0 radical (unpaired) electrons. The zero-order valence-corrected chi connectivity index (χ0v) is 6.54. The minimum Gasteiger partial charge on any atom is -0.319 e. The summed E-state index contributed by atoms with van der Waals surface area (Å²) < 4.78 is 55.4. The largest absolute Gasteiger partial charge is 0.404 e. The van der Waals surface area contributed by atoms with Crippen molar-refractivity contribution < 1.29 is 21.6 Å². The van der Waals surface area contributed by atoms with E-state index < -0.39 is 27.8 Å². The lowest BCUT2D eigenvalue weighted by Gasteiger charge is -2.13. The molecular formula is C4H8F3NO2S. The Kier molecular flexibility index (Phi) is 2.90. The van der Waals surface area contributed by atoms with Gasteiger partial charge in [0.1, 0.15) is 15.9 Å². The van der Waals surface area contributed by atoms with Crippen molar-refractivity contribution in [3.8, 4) is 0 Å². The molecule has 1 atom stereocenters. The van der Waals surface area contributed by atoms with E-state index in [1.54, 1.807) is 0 Å². The average Bonchev–Trinajstić information content (AvgIpc) is 1.56. The van der Waals surface area contributed by atoms with Gasteiger partial charge in [-0.25, -0.2) is 8.42 Å². The summed E-state index contributed by atoms with van der Waals surface area (Å²) in [6.45, 7) is 0. The van der Waals surface area contributed by atoms with Gasteiger partial charge in [-0.3, -0.25) is 0 Å². The van der Waals surface area contributed by atoms with Crippen LogP contribution in [0, 0.1) is 0 Å². The summed E-state index contributed by atoms with van der Waals surface area (Å²) in [4.78, 5) is 0. The first-order chi connectivity index (χ1) is 4.63. The molecule has 0 amide bonds. The molecule has 0 heterocycles. The standard InChI is InChI=1S/C4H8F3NO2S/c1-11(9,10)2-3(8)4(5,6)7/h3H,2,8H2,1H3/t3-/m0/s1. The van der Waals surface area contributed by atoms with Gasteiger partial charge in [0.25, 0.3) is 0 Å². The normalized spacial score (nSPS) is 16.5. The van der Waals surface area contributed by atoms with E-state index in [4.69, 9.17) is 0 Å². The molecule has 0 spiro atoms. The number of rotatable bonds is 2. The second-order valence-electron chi connectivity index (χ2n) is 2.24. The molecule has 11 heavy (non-hydrogen) atoms. The van der Waals surface area contributed by atoms with Crippen molar-refractivity contribution in [1.82, 2.24) is 0 Å². The van der Waals surface area contributed by atoms with Gasteiger partial charge < -0.3 is 5.73 Å². The van der Waals surface area contributed by atoms with E-state index in [1.807, 2.05) is 0 Å². The number of alkyl halides is 3. The third-order valence-electron chi connectivity index (χ3n) is 0.903. The van der Waals surface area contributed by atoms with Gasteiger partial charge in [-0.15, -0.1) is 0 Å². The summed E-state index contributed by atoms with van der Waals surface area (Å²) in [7, 11) is -3.65. The maximum Gasteiger partial charge on any atom is 0.404 e. The van der Waals surface area contributed by atoms with Gasteiger partial charge in [0, 0.05) is 6.26 Å². The van der Waals surface area contributed by atoms with Crippen LogP contribution < -0.4 is 5.73 Å². The van der Waals surface area contributed by atoms with E-state index in [9.17, 15) is 21.6 Å². The zero-order valence-electron chi connectivity index (χ0n) is 5.72. The Labute approximate surface area is 62.3 Å². The topological polar surface area (TPSA) is 60.2 Å². The van der Waals surface area contributed by atoms with Crippen LogP contribution in [0.4, 0.5) is 13.2 Å². The van der Waals surface area contributed by atoms with Gasteiger partial charge in [-0.1, -0.05) is 0 Å². The summed E-state index contributed by atoms with van der Waals surface area (Å²) in [5, 5.41) is 0. The molecule has 0 saturated carbocycles. The molecule has 0 fully saturated rings. The van der Waals surface area contributed by atoms with Crippen LogP contribution in [0.3, 0.4) is 0 Å². The minimum absolute atomic E-state index is 0.707. The first kappa shape index (κ1) is 10.7. The van der Waals surface area contributed by atoms with Crippen LogP contribution in [0.2, 0.25) is 0 Å². The molecule has 0 aromatic rings. The summed E-state index contributed by atoms with van der Waals surface area (Å²) in [5.74, 6) is -1.06. The molecule has 2 N–H and O–H groups in total. The molecule has 0 aliphatic rings. The van der Waals surface area contributed by atoms with Gasteiger partial charge in [0.05, 0.1) is 5.75 Å². The van der Waals surface area contributed by atoms with E-state index in [1.165, 1.54) is 0 Å². The molecule has 0 bridgehead atoms. The lowest BCUT2D eigenvalue weighted by molar-refractivity contribution is -0.142. The lowest BCUT2D eigenvalue weighted by Crippen LogP contribution is -2.42. The van der Waals surface area contributed by atoms with Crippen LogP contribution >= 0.6 is 0 Å². The zero-order chi connectivity index (χ0) is 9.28. The Morgan fingerprint density at radius 1 is 1.45 bits per heavy atom. The van der Waals surface area contributed by atoms with E-state index in [0.717, 1.165) is 0 Å². The molecule has 0 aliphatic carbocycles. The van der Waals surface area contributed by atoms with Crippen molar-refractivity contribution >= 4 is 9.84 Å². The number of halogens is 3. The Morgan fingerprint density at radius 3 is 1.91 bits per heavy atom. The van der Waals surface area contributed by atoms with E-state index in [2.05, 4.69) is 5.73 Å². The van der Waals surface area contributed by atoms with E-state index in [-0.39, 0.29) is 0 Å². The quantitative estimate of drug-likeness (QED) is 0.664. The van der Waals surface area contributed by atoms with Crippen molar-refractivity contribution in [3.63, 3.8) is 0 Å². The van der Waals surface area contributed by atoms with Crippen molar-refractivity contribution in [1.29, 1.82) is 0 Å². The monoisotopic (exact) mass is 191 g/mol. The fourth-order valence-corrected chi connectivity index (χ4v) is 1.26. The van der Waals surface area contributed by atoms with Crippen molar-refractivity contribution in [2.45, 2.75) is 12.2 Å². The first-order valence-electron chi connectivity index (χ1n) is 2.63. The van der Waals surface area contributed by atoms with Crippen LogP contribution in [-0.4, -0.2) is 32.6 Å². The minimum atomic E-state index is -4.64. The highest BCUT2D eigenvalue weighted by Gasteiger charge is 2.38. The third-order valence-corrected chi connectivity index (χ3v) is 1.87. The van der Waals surface area contributed by atoms with Gasteiger partial charge in [-0.2, -0.15) is 13.2 Å². The highest BCUT2D eigenvalue weighted by molar-refractivity contribution is 7.90. The second-order valence-corrected chi connectivity index (χ2v) is 4.43. The number of nitrogens with two attached hydrogens (primary N) is 1. The Hall–Kier alpha value is -0.300. The highest BCUT2D eigenvalue weighted by Crippen LogP contribution is 2.19. The molecule has 3 nitrogen and oxygen atoms in total. The van der Waals surface area contributed by atoms with Crippen LogP contribution in [0.5, 0.6) is 0 Å². The summed E-state index contributed by atoms with van der Waals surface area (Å²) in [6.07, 6.45) is -3.93. The van der Waals surface area contributed by atoms with Crippen LogP contribution in [0.1, 0.15) is 0 Å². The Morgan fingerprint density at radius 2 is 1.82 bits per heavy atom. The second kappa shape index (κ2) is 2.98. The number of sulfone groups is 1. The number of hydrogen-bond donors (Lipinski definition) is 1. The maximum atomic E-state index is 11.6. The van der Waals surface area contributed by atoms with Crippen molar-refractivity contribution in [2.24, 2.45) is 5.73 Å². The Balaban J connectivity index is 4.21. The Bertz CT molecular complexity index is 220. The molecule has 0 saturated heterocycles. The molecule has 0 aromatic heterocycles. The van der Waals surface area contributed by atoms with Gasteiger partial charge in [0.2, 0.25) is 0 Å². The van der Waals surface area contributed by atoms with Crippen LogP contribution in [-0.2, 0) is 9.84 Å². The van der Waals surface area contributed by atoms with Crippen molar-refractivity contribution in [3.05, 3.63) is 0 Å².